The maximum Gasteiger partial charge on any atom is 0.238 e. The third-order valence-electron chi connectivity index (χ3n) is 3.18. The molecule has 0 saturated heterocycles. The lowest BCUT2D eigenvalue weighted by atomic mass is 10.4. The van der Waals surface area contributed by atoms with E-state index in [1.54, 1.807) is 0 Å². The SMILES string of the molecule is O=Cc1cc(S(=O)(=O)c2ccc(F)cc2)n(-c2cccnc2F)n1. The lowest BCUT2D eigenvalue weighted by Crippen LogP contribution is -2.11. The molecule has 0 fully saturated rings. The molecule has 0 radical (unpaired) electrons. The summed E-state index contributed by atoms with van der Waals surface area (Å²) in [4.78, 5) is 14.2. The van der Waals surface area contributed by atoms with Crippen molar-refractivity contribution in [3.05, 3.63) is 66.1 Å². The topological polar surface area (TPSA) is 81.9 Å². The van der Waals surface area contributed by atoms with Crippen LogP contribution in [-0.2, 0) is 9.84 Å². The second kappa shape index (κ2) is 5.93. The van der Waals surface area contributed by atoms with Crippen LogP contribution in [-0.4, -0.2) is 29.5 Å². The number of pyridine rings is 1. The summed E-state index contributed by atoms with van der Waals surface area (Å²) in [5, 5.41) is 3.36. The van der Waals surface area contributed by atoms with Gasteiger partial charge in [0.1, 0.15) is 17.2 Å². The normalized spacial score (nSPS) is 11.4. The molecule has 2 heterocycles. The Bertz CT molecular complexity index is 1010. The molecule has 0 aliphatic rings. The average molecular weight is 349 g/mol. The first-order valence-electron chi connectivity index (χ1n) is 6.60. The summed E-state index contributed by atoms with van der Waals surface area (Å²) in [6, 6.07) is 7.79. The molecule has 0 bridgehead atoms. The highest BCUT2D eigenvalue weighted by Gasteiger charge is 2.26. The molecule has 0 aliphatic heterocycles. The van der Waals surface area contributed by atoms with Crippen molar-refractivity contribution in [2.24, 2.45) is 0 Å². The van der Waals surface area contributed by atoms with Crippen molar-refractivity contribution in [2.75, 3.05) is 0 Å². The zero-order valence-electron chi connectivity index (χ0n) is 11.9. The van der Waals surface area contributed by atoms with Gasteiger partial charge in [-0.1, -0.05) is 0 Å². The Labute approximate surface area is 135 Å². The lowest BCUT2D eigenvalue weighted by Gasteiger charge is -2.08. The number of carbonyl (C=O) groups is 1. The number of benzene rings is 1. The van der Waals surface area contributed by atoms with Gasteiger partial charge >= 0.3 is 0 Å². The van der Waals surface area contributed by atoms with Crippen LogP contribution < -0.4 is 0 Å². The van der Waals surface area contributed by atoms with Gasteiger partial charge in [0.05, 0.1) is 4.90 Å². The molecular formula is C15H9F2N3O3S. The minimum absolute atomic E-state index is 0.195. The predicted octanol–water partition coefficient (Wildman–Crippen LogP) is 2.19. The van der Waals surface area contributed by atoms with Crippen molar-refractivity contribution in [3.63, 3.8) is 0 Å². The molecule has 1 aromatic carbocycles. The van der Waals surface area contributed by atoms with Crippen LogP contribution in [0.4, 0.5) is 8.78 Å². The summed E-state index contributed by atoms with van der Waals surface area (Å²) in [6.45, 7) is 0. The maximum absolute atomic E-state index is 13.9. The van der Waals surface area contributed by atoms with Crippen molar-refractivity contribution in [3.8, 4) is 5.69 Å². The minimum atomic E-state index is -4.16. The van der Waals surface area contributed by atoms with Crippen LogP contribution in [0.1, 0.15) is 10.5 Å². The van der Waals surface area contributed by atoms with Crippen LogP contribution in [0.3, 0.4) is 0 Å². The summed E-state index contributed by atoms with van der Waals surface area (Å²) in [5.74, 6) is -1.55. The molecule has 0 amide bonds. The van der Waals surface area contributed by atoms with Crippen molar-refractivity contribution in [1.82, 2.24) is 14.8 Å². The number of rotatable bonds is 4. The van der Waals surface area contributed by atoms with Crippen molar-refractivity contribution >= 4 is 16.1 Å². The predicted molar refractivity (Wildman–Crippen MR) is 78.6 cm³/mol. The monoisotopic (exact) mass is 349 g/mol. The fraction of sp³-hybridized carbons (Fsp3) is 0. The van der Waals surface area contributed by atoms with Gasteiger partial charge in [-0.15, -0.1) is 0 Å². The van der Waals surface area contributed by atoms with E-state index < -0.39 is 26.6 Å². The average Bonchev–Trinajstić information content (AvgIpc) is 3.01. The van der Waals surface area contributed by atoms with Gasteiger partial charge in [-0.2, -0.15) is 9.49 Å². The number of hydrogen-bond acceptors (Lipinski definition) is 5. The molecular weight excluding hydrogens is 340 g/mol. The maximum atomic E-state index is 13.9. The number of halogens is 2. The fourth-order valence-electron chi connectivity index (χ4n) is 2.07. The highest BCUT2D eigenvalue weighted by Crippen LogP contribution is 2.25. The molecule has 6 nitrogen and oxygen atoms in total. The summed E-state index contributed by atoms with van der Waals surface area (Å²) < 4.78 is 53.2. The molecule has 0 unspecified atom stereocenters. The Morgan fingerprint density at radius 3 is 2.42 bits per heavy atom. The van der Waals surface area contributed by atoms with Gasteiger partial charge in [0, 0.05) is 12.3 Å². The standard InChI is InChI=1S/C15H9F2N3O3S/c16-10-3-5-12(6-4-10)24(22,23)14-8-11(9-21)19-20(14)13-2-1-7-18-15(13)17/h1-9H. The third-order valence-corrected chi connectivity index (χ3v) is 4.92. The molecule has 9 heteroatoms. The lowest BCUT2D eigenvalue weighted by molar-refractivity contribution is 0.111. The zero-order chi connectivity index (χ0) is 17.3. The summed E-state index contributed by atoms with van der Waals surface area (Å²) in [5.41, 5.74) is -0.426. The Morgan fingerprint density at radius 1 is 1.08 bits per heavy atom. The molecule has 0 atom stereocenters. The fourth-order valence-corrected chi connectivity index (χ4v) is 3.45. The second-order valence-corrected chi connectivity index (χ2v) is 6.60. The van der Waals surface area contributed by atoms with Gasteiger partial charge < -0.3 is 0 Å². The van der Waals surface area contributed by atoms with Crippen LogP contribution >= 0.6 is 0 Å². The van der Waals surface area contributed by atoms with Gasteiger partial charge in [-0.3, -0.25) is 4.79 Å². The first-order valence-corrected chi connectivity index (χ1v) is 8.08. The molecule has 0 N–H and O–H groups in total. The van der Waals surface area contributed by atoms with Crippen LogP contribution in [0, 0.1) is 11.8 Å². The number of carbonyl (C=O) groups excluding carboxylic acids is 1. The quantitative estimate of drug-likeness (QED) is 0.410. The first-order chi connectivity index (χ1) is 11.4. The molecule has 0 spiro atoms. The van der Waals surface area contributed by atoms with Crippen LogP contribution in [0.5, 0.6) is 0 Å². The van der Waals surface area contributed by atoms with Gasteiger partial charge in [-0.25, -0.2) is 22.5 Å². The number of aldehydes is 1. The van der Waals surface area contributed by atoms with Crippen molar-refractivity contribution in [2.45, 2.75) is 9.92 Å². The van der Waals surface area contributed by atoms with Crippen LogP contribution in [0.2, 0.25) is 0 Å². The Kier molecular flexibility index (Phi) is 3.94. The van der Waals surface area contributed by atoms with Gasteiger partial charge in [-0.05, 0) is 36.4 Å². The third kappa shape index (κ3) is 2.69. The number of aromatic nitrogens is 3. The van der Waals surface area contributed by atoms with Gasteiger partial charge in [0.15, 0.2) is 11.3 Å². The van der Waals surface area contributed by atoms with Gasteiger partial charge in [0.25, 0.3) is 0 Å². The number of hydrogen-bond donors (Lipinski definition) is 0. The molecule has 2 aromatic heterocycles. The van der Waals surface area contributed by atoms with E-state index in [0.717, 1.165) is 35.0 Å². The highest BCUT2D eigenvalue weighted by atomic mass is 32.2. The van der Waals surface area contributed by atoms with Gasteiger partial charge in [0.2, 0.25) is 15.8 Å². The highest BCUT2D eigenvalue weighted by molar-refractivity contribution is 7.91. The van der Waals surface area contributed by atoms with E-state index in [-0.39, 0.29) is 16.3 Å². The van der Waals surface area contributed by atoms with E-state index in [9.17, 15) is 22.0 Å². The summed E-state index contributed by atoms with van der Waals surface area (Å²) >= 11 is 0. The largest absolute Gasteiger partial charge is 0.296 e. The molecule has 3 rings (SSSR count). The summed E-state index contributed by atoms with van der Waals surface area (Å²) in [7, 11) is -4.16. The van der Waals surface area contributed by atoms with E-state index in [4.69, 9.17) is 0 Å². The molecule has 3 aromatic rings. The molecule has 0 aliphatic carbocycles. The number of sulfone groups is 1. The Balaban J connectivity index is 2.24. The van der Waals surface area contributed by atoms with Crippen LogP contribution in [0.15, 0.2) is 58.6 Å². The van der Waals surface area contributed by atoms with Crippen molar-refractivity contribution < 1.29 is 22.0 Å². The molecule has 0 saturated carbocycles. The Morgan fingerprint density at radius 2 is 1.79 bits per heavy atom. The smallest absolute Gasteiger partial charge is 0.238 e. The summed E-state index contributed by atoms with van der Waals surface area (Å²) in [6.07, 6.45) is 1.53. The van der Waals surface area contributed by atoms with E-state index in [2.05, 4.69) is 10.1 Å². The molecule has 24 heavy (non-hydrogen) atoms. The minimum Gasteiger partial charge on any atom is -0.296 e. The zero-order valence-corrected chi connectivity index (χ0v) is 12.7. The Hall–Kier alpha value is -2.94. The van der Waals surface area contributed by atoms with Crippen molar-refractivity contribution in [1.29, 1.82) is 0 Å². The van der Waals surface area contributed by atoms with E-state index in [0.29, 0.717) is 6.29 Å². The second-order valence-electron chi connectivity index (χ2n) is 4.71. The van der Waals surface area contributed by atoms with E-state index >= 15 is 0 Å². The molecule has 122 valence electrons. The van der Waals surface area contributed by atoms with E-state index in [1.807, 2.05) is 0 Å². The van der Waals surface area contributed by atoms with E-state index in [1.165, 1.54) is 18.3 Å². The number of nitrogens with zero attached hydrogens (tertiary/aromatic N) is 3. The first kappa shape index (κ1) is 15.9. The van der Waals surface area contributed by atoms with Crippen LogP contribution in [0.25, 0.3) is 5.69 Å².